The van der Waals surface area contributed by atoms with Gasteiger partial charge in [0, 0.05) is 27.2 Å². The van der Waals surface area contributed by atoms with Crippen LogP contribution in [-0.4, -0.2) is 4.57 Å². The predicted molar refractivity (Wildman–Crippen MR) is 118 cm³/mol. The van der Waals surface area contributed by atoms with Gasteiger partial charge in [-0.05, 0) is 56.3 Å². The summed E-state index contributed by atoms with van der Waals surface area (Å²) in [5.74, 6) is 0. The molecule has 0 saturated carbocycles. The van der Waals surface area contributed by atoms with E-state index in [4.69, 9.17) is 4.42 Å². The Bertz CT molecular complexity index is 1510. The van der Waals surface area contributed by atoms with Gasteiger partial charge < -0.3 is 8.98 Å². The summed E-state index contributed by atoms with van der Waals surface area (Å²) in [5.41, 5.74) is 8.03. The minimum absolute atomic E-state index is 0.938. The van der Waals surface area contributed by atoms with Gasteiger partial charge in [0.1, 0.15) is 11.2 Å². The van der Waals surface area contributed by atoms with Crippen LogP contribution in [0.3, 0.4) is 0 Å². The Morgan fingerprint density at radius 1 is 0.571 bits per heavy atom. The Hall–Kier alpha value is -3.52. The molecule has 0 unspecified atom stereocenters. The minimum Gasteiger partial charge on any atom is -0.456 e. The Morgan fingerprint density at radius 3 is 2.18 bits per heavy atom. The number of rotatable bonds is 1. The first kappa shape index (κ1) is 15.5. The van der Waals surface area contributed by atoms with Crippen molar-refractivity contribution in [3.63, 3.8) is 0 Å². The van der Waals surface area contributed by atoms with E-state index in [-0.39, 0.29) is 0 Å². The maximum atomic E-state index is 6.16. The van der Waals surface area contributed by atoms with E-state index in [1.807, 2.05) is 12.1 Å². The summed E-state index contributed by atoms with van der Waals surface area (Å²) >= 11 is 0. The molecule has 2 nitrogen and oxygen atoms in total. The predicted octanol–water partition coefficient (Wildman–Crippen LogP) is 7.30. The largest absolute Gasteiger partial charge is 0.456 e. The van der Waals surface area contributed by atoms with E-state index >= 15 is 0 Å². The topological polar surface area (TPSA) is 18.1 Å². The van der Waals surface area contributed by atoms with Crippen LogP contribution >= 0.6 is 0 Å². The average molecular weight is 361 g/mol. The van der Waals surface area contributed by atoms with E-state index in [9.17, 15) is 0 Å². The van der Waals surface area contributed by atoms with E-state index in [0.29, 0.717) is 0 Å². The van der Waals surface area contributed by atoms with Gasteiger partial charge >= 0.3 is 0 Å². The molecule has 0 aliphatic carbocycles. The summed E-state index contributed by atoms with van der Waals surface area (Å²) < 4.78 is 8.53. The van der Waals surface area contributed by atoms with Gasteiger partial charge in [-0.25, -0.2) is 0 Å². The average Bonchev–Trinajstić information content (AvgIpc) is 3.22. The van der Waals surface area contributed by atoms with Gasteiger partial charge in [0.2, 0.25) is 0 Å². The van der Waals surface area contributed by atoms with Crippen LogP contribution in [0.4, 0.5) is 0 Å². The van der Waals surface area contributed by atoms with E-state index in [1.54, 1.807) is 0 Å². The van der Waals surface area contributed by atoms with Crippen molar-refractivity contribution in [1.29, 1.82) is 0 Å². The van der Waals surface area contributed by atoms with Crippen LogP contribution in [0, 0.1) is 13.8 Å². The van der Waals surface area contributed by atoms with Crippen molar-refractivity contribution in [3.8, 4) is 5.69 Å². The Balaban J connectivity index is 1.83. The lowest BCUT2D eigenvalue weighted by Crippen LogP contribution is -1.93. The normalized spacial score (nSPS) is 11.9. The third-order valence-corrected chi connectivity index (χ3v) is 5.71. The van der Waals surface area contributed by atoms with Crippen LogP contribution in [0.5, 0.6) is 0 Å². The molecule has 6 rings (SSSR count). The van der Waals surface area contributed by atoms with E-state index < -0.39 is 0 Å². The first-order valence-electron chi connectivity index (χ1n) is 9.62. The van der Waals surface area contributed by atoms with Gasteiger partial charge in [0.25, 0.3) is 0 Å². The molecule has 0 spiro atoms. The molecular weight excluding hydrogens is 342 g/mol. The van der Waals surface area contributed by atoms with Crippen molar-refractivity contribution in [2.45, 2.75) is 13.8 Å². The number of fused-ring (bicyclic) bond motifs is 6. The number of para-hydroxylation sites is 1. The fourth-order valence-electron chi connectivity index (χ4n) is 4.32. The number of hydrogen-bond acceptors (Lipinski definition) is 1. The number of hydrogen-bond donors (Lipinski definition) is 0. The summed E-state index contributed by atoms with van der Waals surface area (Å²) in [4.78, 5) is 0. The van der Waals surface area contributed by atoms with Crippen molar-refractivity contribution in [3.05, 3.63) is 90.0 Å². The lowest BCUT2D eigenvalue weighted by molar-refractivity contribution is 0.669. The molecule has 0 radical (unpaired) electrons. The summed E-state index contributed by atoms with van der Waals surface area (Å²) in [6.07, 6.45) is 0. The summed E-state index contributed by atoms with van der Waals surface area (Å²) in [7, 11) is 0. The van der Waals surface area contributed by atoms with Crippen molar-refractivity contribution in [2.24, 2.45) is 0 Å². The molecular formula is C26H19NO. The lowest BCUT2D eigenvalue weighted by atomic mass is 10.1. The number of aromatic nitrogens is 1. The Kier molecular flexibility index (Phi) is 3.05. The molecule has 0 aliphatic heterocycles. The molecule has 0 N–H and O–H groups in total. The SMILES string of the molecule is Cc1ccc(-n2c3ccc(C)cc3c3cc4oc5ccccc5c4cc32)cc1. The van der Waals surface area contributed by atoms with Crippen LogP contribution in [0.2, 0.25) is 0 Å². The highest BCUT2D eigenvalue weighted by atomic mass is 16.3. The molecule has 2 heterocycles. The smallest absolute Gasteiger partial charge is 0.136 e. The van der Waals surface area contributed by atoms with Crippen LogP contribution in [0.15, 0.2) is 83.3 Å². The van der Waals surface area contributed by atoms with Gasteiger partial charge in [-0.2, -0.15) is 0 Å². The molecule has 0 fully saturated rings. The van der Waals surface area contributed by atoms with Crippen molar-refractivity contribution >= 4 is 43.7 Å². The third kappa shape index (κ3) is 2.09. The zero-order valence-corrected chi connectivity index (χ0v) is 15.9. The number of benzene rings is 4. The van der Waals surface area contributed by atoms with Crippen molar-refractivity contribution in [1.82, 2.24) is 4.57 Å². The van der Waals surface area contributed by atoms with E-state index in [2.05, 4.69) is 85.1 Å². The molecule has 2 heteroatoms. The van der Waals surface area contributed by atoms with Crippen LogP contribution < -0.4 is 0 Å². The Morgan fingerprint density at radius 2 is 1.32 bits per heavy atom. The summed E-state index contributed by atoms with van der Waals surface area (Å²) in [6, 6.07) is 28.2. The van der Waals surface area contributed by atoms with Crippen LogP contribution in [0.1, 0.15) is 11.1 Å². The first-order chi connectivity index (χ1) is 13.7. The van der Waals surface area contributed by atoms with Gasteiger partial charge in [-0.15, -0.1) is 0 Å². The standard InChI is InChI=1S/C26H19NO/c1-16-7-10-18(11-8-16)27-23-12-9-17(2)13-20(23)21-15-26-22(14-24(21)27)19-5-3-4-6-25(19)28-26/h3-15H,1-2H3. The van der Waals surface area contributed by atoms with Crippen LogP contribution in [0.25, 0.3) is 49.4 Å². The highest BCUT2D eigenvalue weighted by Gasteiger charge is 2.16. The van der Waals surface area contributed by atoms with Gasteiger partial charge in [-0.3, -0.25) is 0 Å². The highest BCUT2D eigenvalue weighted by molar-refractivity contribution is 6.17. The molecule has 0 aliphatic rings. The van der Waals surface area contributed by atoms with E-state index in [1.165, 1.54) is 38.6 Å². The monoisotopic (exact) mass is 361 g/mol. The second kappa shape index (κ2) is 5.49. The lowest BCUT2D eigenvalue weighted by Gasteiger charge is -2.08. The molecule has 0 amide bonds. The quantitative estimate of drug-likeness (QED) is 0.300. The Labute approximate surface area is 162 Å². The fourth-order valence-corrected chi connectivity index (χ4v) is 4.32. The molecule has 4 aromatic carbocycles. The second-order valence-corrected chi connectivity index (χ2v) is 7.66. The molecule has 6 aromatic rings. The van der Waals surface area contributed by atoms with Crippen molar-refractivity contribution in [2.75, 3.05) is 0 Å². The minimum atomic E-state index is 0.938. The third-order valence-electron chi connectivity index (χ3n) is 5.71. The number of nitrogens with zero attached hydrogens (tertiary/aromatic N) is 1. The maximum Gasteiger partial charge on any atom is 0.136 e. The van der Waals surface area contributed by atoms with Gasteiger partial charge in [0.15, 0.2) is 0 Å². The molecule has 0 bridgehead atoms. The molecule has 0 saturated heterocycles. The summed E-state index contributed by atoms with van der Waals surface area (Å²) in [6.45, 7) is 4.27. The molecule has 0 atom stereocenters. The molecule has 134 valence electrons. The maximum absolute atomic E-state index is 6.16. The van der Waals surface area contributed by atoms with Gasteiger partial charge in [0.05, 0.1) is 11.0 Å². The zero-order valence-electron chi connectivity index (χ0n) is 15.9. The van der Waals surface area contributed by atoms with E-state index in [0.717, 1.165) is 21.9 Å². The van der Waals surface area contributed by atoms with Gasteiger partial charge in [-0.1, -0.05) is 47.5 Å². The van der Waals surface area contributed by atoms with Crippen LogP contribution in [-0.2, 0) is 0 Å². The molecule has 28 heavy (non-hydrogen) atoms. The molecule has 2 aromatic heterocycles. The van der Waals surface area contributed by atoms with Crippen molar-refractivity contribution < 1.29 is 4.42 Å². The fraction of sp³-hybridized carbons (Fsp3) is 0.0769. The number of furan rings is 1. The zero-order chi connectivity index (χ0) is 18.8. The summed E-state index contributed by atoms with van der Waals surface area (Å²) in [5, 5.41) is 4.82. The second-order valence-electron chi connectivity index (χ2n) is 7.66. The number of aryl methyl sites for hydroxylation is 2. The highest BCUT2D eigenvalue weighted by Crippen LogP contribution is 2.38. The first-order valence-corrected chi connectivity index (χ1v) is 9.62.